The Morgan fingerprint density at radius 1 is 0.340 bits per heavy atom. The highest BCUT2D eigenvalue weighted by molar-refractivity contribution is 7.25. The minimum Gasteiger partial charge on any atom is -0.310 e. The van der Waals surface area contributed by atoms with E-state index >= 15 is 0 Å². The number of rotatable bonds is 5. The van der Waals surface area contributed by atoms with Gasteiger partial charge in [-0.3, -0.25) is 0 Å². The molecule has 2 aromatic heterocycles. The zero-order valence-corrected chi connectivity index (χ0v) is 29.6. The molecule has 0 atom stereocenters. The fourth-order valence-corrected chi connectivity index (χ4v) is 9.38. The van der Waals surface area contributed by atoms with Gasteiger partial charge in [0.1, 0.15) is 0 Å². The Bertz CT molecular complexity index is 3160. The summed E-state index contributed by atoms with van der Waals surface area (Å²) >= 11 is 1.86. The predicted molar refractivity (Wildman–Crippen MR) is 229 cm³/mol. The van der Waals surface area contributed by atoms with Crippen molar-refractivity contribution in [2.45, 2.75) is 0 Å². The third-order valence-electron chi connectivity index (χ3n) is 10.7. The number of nitrogens with zero attached hydrogens (tertiary/aromatic N) is 2. The maximum Gasteiger partial charge on any atom is 0.0547 e. The van der Waals surface area contributed by atoms with Crippen LogP contribution < -0.4 is 4.90 Å². The first-order chi connectivity index (χ1) is 26.3. The monoisotopic (exact) mass is 692 g/mol. The number of benzene rings is 9. The van der Waals surface area contributed by atoms with Gasteiger partial charge in [0.05, 0.1) is 11.0 Å². The molecule has 9 aromatic carbocycles. The minimum absolute atomic E-state index is 1.12. The fraction of sp³-hybridized carbons (Fsp3) is 0. The van der Waals surface area contributed by atoms with Crippen LogP contribution in [0.1, 0.15) is 0 Å². The van der Waals surface area contributed by atoms with Crippen molar-refractivity contribution in [1.82, 2.24) is 4.57 Å². The van der Waals surface area contributed by atoms with E-state index in [0.29, 0.717) is 0 Å². The lowest BCUT2D eigenvalue weighted by Gasteiger charge is -2.26. The summed E-state index contributed by atoms with van der Waals surface area (Å²) in [5.41, 5.74) is 9.44. The quantitative estimate of drug-likeness (QED) is 0.163. The maximum absolute atomic E-state index is 2.41. The first-order valence-corrected chi connectivity index (χ1v) is 18.9. The molecular weight excluding hydrogens is 661 g/mol. The topological polar surface area (TPSA) is 8.17 Å². The van der Waals surface area contributed by atoms with Crippen LogP contribution in [0.5, 0.6) is 0 Å². The van der Waals surface area contributed by atoms with Crippen molar-refractivity contribution in [2.24, 2.45) is 0 Å². The molecule has 0 spiro atoms. The Morgan fingerprint density at radius 2 is 0.943 bits per heavy atom. The molecule has 11 aromatic rings. The third kappa shape index (κ3) is 4.86. The van der Waals surface area contributed by atoms with Crippen LogP contribution in [0.3, 0.4) is 0 Å². The maximum atomic E-state index is 2.41. The minimum atomic E-state index is 1.12. The van der Waals surface area contributed by atoms with Crippen LogP contribution in [-0.2, 0) is 0 Å². The molecule has 248 valence electrons. The van der Waals surface area contributed by atoms with E-state index in [1.54, 1.807) is 0 Å². The van der Waals surface area contributed by atoms with E-state index in [2.05, 4.69) is 204 Å². The predicted octanol–water partition coefficient (Wildman–Crippen LogP) is 14.6. The molecule has 53 heavy (non-hydrogen) atoms. The molecule has 0 bridgehead atoms. The van der Waals surface area contributed by atoms with Crippen molar-refractivity contribution < 1.29 is 0 Å². The Morgan fingerprint density at radius 3 is 1.75 bits per heavy atom. The highest BCUT2D eigenvalue weighted by Crippen LogP contribution is 2.43. The van der Waals surface area contributed by atoms with Gasteiger partial charge in [0.25, 0.3) is 0 Å². The Balaban J connectivity index is 1.10. The Kier molecular flexibility index (Phi) is 6.76. The van der Waals surface area contributed by atoms with Gasteiger partial charge in [0.15, 0.2) is 0 Å². The van der Waals surface area contributed by atoms with Gasteiger partial charge in [-0.1, -0.05) is 121 Å². The van der Waals surface area contributed by atoms with Crippen LogP contribution in [0.2, 0.25) is 0 Å². The first kappa shape index (κ1) is 30.0. The van der Waals surface area contributed by atoms with Crippen LogP contribution in [0.15, 0.2) is 194 Å². The number of anilines is 3. The smallest absolute Gasteiger partial charge is 0.0547 e. The van der Waals surface area contributed by atoms with E-state index < -0.39 is 0 Å². The van der Waals surface area contributed by atoms with Gasteiger partial charge in [-0.25, -0.2) is 0 Å². The van der Waals surface area contributed by atoms with Crippen LogP contribution in [0.25, 0.3) is 80.3 Å². The van der Waals surface area contributed by atoms with Crippen molar-refractivity contribution in [1.29, 1.82) is 0 Å². The van der Waals surface area contributed by atoms with Gasteiger partial charge in [0.2, 0.25) is 0 Å². The van der Waals surface area contributed by atoms with E-state index in [9.17, 15) is 0 Å². The molecule has 0 radical (unpaired) electrons. The Hall–Kier alpha value is -6.68. The van der Waals surface area contributed by atoms with Gasteiger partial charge < -0.3 is 9.47 Å². The summed E-state index contributed by atoms with van der Waals surface area (Å²) in [6.45, 7) is 0. The zero-order chi connectivity index (χ0) is 34.9. The van der Waals surface area contributed by atoms with E-state index in [1.165, 1.54) is 80.3 Å². The van der Waals surface area contributed by atoms with E-state index in [-0.39, 0.29) is 0 Å². The highest BCUT2D eigenvalue weighted by Gasteiger charge is 2.18. The summed E-state index contributed by atoms with van der Waals surface area (Å²) in [5.74, 6) is 0. The zero-order valence-electron chi connectivity index (χ0n) is 28.8. The Labute approximate surface area is 311 Å². The number of para-hydroxylation sites is 2. The van der Waals surface area contributed by atoms with Crippen molar-refractivity contribution in [2.75, 3.05) is 4.90 Å². The van der Waals surface area contributed by atoms with Gasteiger partial charge in [-0.2, -0.15) is 0 Å². The van der Waals surface area contributed by atoms with Crippen molar-refractivity contribution in [3.63, 3.8) is 0 Å². The molecule has 11 rings (SSSR count). The average molecular weight is 693 g/mol. The van der Waals surface area contributed by atoms with E-state index in [0.717, 1.165) is 17.1 Å². The summed E-state index contributed by atoms with van der Waals surface area (Å²) in [4.78, 5) is 2.40. The fourth-order valence-electron chi connectivity index (χ4n) is 8.24. The third-order valence-corrected chi connectivity index (χ3v) is 11.9. The summed E-state index contributed by atoms with van der Waals surface area (Å²) in [5, 5.41) is 10.1. The van der Waals surface area contributed by atoms with Gasteiger partial charge in [-0.05, 0) is 105 Å². The molecule has 3 heteroatoms. The van der Waals surface area contributed by atoms with E-state index in [1.807, 2.05) is 11.3 Å². The highest BCUT2D eigenvalue weighted by atomic mass is 32.1. The number of aromatic nitrogens is 1. The van der Waals surface area contributed by atoms with Crippen LogP contribution >= 0.6 is 11.3 Å². The average Bonchev–Trinajstić information content (AvgIpc) is 3.76. The summed E-state index contributed by atoms with van der Waals surface area (Å²) in [6, 6.07) is 71.0. The second-order valence-corrected chi connectivity index (χ2v) is 14.9. The van der Waals surface area contributed by atoms with Crippen LogP contribution in [0.4, 0.5) is 17.1 Å². The molecule has 0 unspecified atom stereocenters. The summed E-state index contributed by atoms with van der Waals surface area (Å²) in [7, 11) is 0. The molecular formula is C50H32N2S. The molecule has 0 saturated carbocycles. The van der Waals surface area contributed by atoms with Gasteiger partial charge >= 0.3 is 0 Å². The second kappa shape index (κ2) is 11.9. The molecule has 2 nitrogen and oxygen atoms in total. The molecule has 0 saturated heterocycles. The van der Waals surface area contributed by atoms with Gasteiger partial charge in [0, 0.05) is 53.7 Å². The number of fused-ring (bicyclic) bond motifs is 9. The van der Waals surface area contributed by atoms with Crippen molar-refractivity contribution >= 4 is 91.9 Å². The molecule has 0 aliphatic rings. The van der Waals surface area contributed by atoms with Crippen LogP contribution in [-0.4, -0.2) is 4.57 Å². The normalized spacial score (nSPS) is 11.8. The van der Waals surface area contributed by atoms with E-state index in [4.69, 9.17) is 0 Å². The largest absolute Gasteiger partial charge is 0.310 e. The van der Waals surface area contributed by atoms with Crippen molar-refractivity contribution in [3.8, 4) is 16.8 Å². The number of hydrogen-bond donors (Lipinski definition) is 0. The first-order valence-electron chi connectivity index (χ1n) is 18.1. The molecule has 2 heterocycles. The second-order valence-electron chi connectivity index (χ2n) is 13.8. The molecule has 0 N–H and O–H groups in total. The lowest BCUT2D eigenvalue weighted by Crippen LogP contribution is -2.09. The summed E-state index contributed by atoms with van der Waals surface area (Å²) in [6.07, 6.45) is 0. The molecule has 0 aliphatic carbocycles. The number of hydrogen-bond acceptors (Lipinski definition) is 2. The van der Waals surface area contributed by atoms with Crippen LogP contribution in [0, 0.1) is 0 Å². The molecule has 0 aliphatic heterocycles. The molecule has 0 amide bonds. The standard InChI is InChI=1S/C50H32N2S/c1-3-11-33(12-4-1)34-21-23-38(24-22-34)51(40-26-28-44-43-16-8-10-18-49(43)53-50(44)31-40)39-25-27-41-35(29-39)19-20-36-30-46-42-15-7-9-17-47(42)52(48(46)32-45(36)41)37-13-5-2-6-14-37/h1-32H. The lowest BCUT2D eigenvalue weighted by molar-refractivity contribution is 1.18. The number of thiophene rings is 1. The SMILES string of the molecule is c1ccc(-c2ccc(N(c3ccc4c(ccc5cc6c7ccccc7n(-c7ccccc7)c6cc54)c3)c3ccc4c(c3)sc3ccccc34)cc2)cc1. The van der Waals surface area contributed by atoms with Gasteiger partial charge in [-0.15, -0.1) is 11.3 Å². The lowest BCUT2D eigenvalue weighted by atomic mass is 9.99. The summed E-state index contributed by atoms with van der Waals surface area (Å²) < 4.78 is 5.01. The van der Waals surface area contributed by atoms with Crippen molar-refractivity contribution in [3.05, 3.63) is 194 Å². The molecule has 0 fully saturated rings.